The lowest BCUT2D eigenvalue weighted by Crippen LogP contribution is -2.22. The second-order valence-corrected chi connectivity index (χ2v) is 9.30. The first-order valence-corrected chi connectivity index (χ1v) is 12.1. The van der Waals surface area contributed by atoms with E-state index >= 15 is 0 Å². The topological polar surface area (TPSA) is 9.23 Å². The lowest BCUT2D eigenvalue weighted by molar-refractivity contribution is -0.185. The molecule has 3 aromatic carbocycles. The lowest BCUT2D eigenvalue weighted by atomic mass is 9.81. The maximum Gasteiger partial charge on any atom is 0.426 e. The molecule has 202 valence electrons. The summed E-state index contributed by atoms with van der Waals surface area (Å²) in [5.74, 6) is -8.64. The van der Waals surface area contributed by atoms with Gasteiger partial charge in [0.15, 0.2) is 17.5 Å². The van der Waals surface area contributed by atoms with Crippen molar-refractivity contribution in [2.75, 3.05) is 0 Å². The fourth-order valence-corrected chi connectivity index (χ4v) is 4.62. The average Bonchev–Trinajstić information content (AvgIpc) is 2.88. The van der Waals surface area contributed by atoms with Crippen LogP contribution in [0.5, 0.6) is 5.75 Å². The summed E-state index contributed by atoms with van der Waals surface area (Å²) in [4.78, 5) is 0. The van der Waals surface area contributed by atoms with Crippen molar-refractivity contribution in [2.45, 2.75) is 51.1 Å². The van der Waals surface area contributed by atoms with Crippen molar-refractivity contribution in [3.05, 3.63) is 112 Å². The monoisotopic (exact) mass is 540 g/mol. The van der Waals surface area contributed by atoms with E-state index in [1.807, 2.05) is 0 Å². The Hall–Kier alpha value is -3.36. The summed E-state index contributed by atoms with van der Waals surface area (Å²) < 4.78 is 117. The van der Waals surface area contributed by atoms with Gasteiger partial charge in [-0.05, 0) is 79.1 Å². The molecule has 0 fully saturated rings. The van der Waals surface area contributed by atoms with Crippen LogP contribution in [0.15, 0.2) is 66.3 Å². The molecule has 0 heterocycles. The van der Waals surface area contributed by atoms with Crippen LogP contribution in [0, 0.1) is 29.2 Å². The van der Waals surface area contributed by atoms with Crippen LogP contribution < -0.4 is 4.74 Å². The fraction of sp³-hybridized carbons (Fsp3) is 0.310. The van der Waals surface area contributed by atoms with Crippen LogP contribution in [0.4, 0.5) is 35.1 Å². The van der Waals surface area contributed by atoms with Gasteiger partial charge in [-0.15, -0.1) is 0 Å². The van der Waals surface area contributed by atoms with E-state index in [2.05, 4.69) is 0 Å². The molecule has 1 nitrogen and oxygen atoms in total. The summed E-state index contributed by atoms with van der Waals surface area (Å²) in [7, 11) is 0. The van der Waals surface area contributed by atoms with Crippen LogP contribution in [0.1, 0.15) is 54.4 Å². The van der Waals surface area contributed by atoms with Crippen LogP contribution in [0.25, 0.3) is 0 Å². The average molecular weight is 540 g/mol. The minimum atomic E-state index is -3.85. The van der Waals surface area contributed by atoms with Crippen LogP contribution in [-0.2, 0) is 19.0 Å². The summed E-state index contributed by atoms with van der Waals surface area (Å²) in [6.07, 6.45) is -2.60. The van der Waals surface area contributed by atoms with Crippen LogP contribution >= 0.6 is 0 Å². The van der Waals surface area contributed by atoms with Crippen molar-refractivity contribution in [3.63, 3.8) is 0 Å². The van der Waals surface area contributed by atoms with E-state index in [1.165, 1.54) is 18.2 Å². The molecule has 2 unspecified atom stereocenters. The molecular formula is C29H24F8O. The Morgan fingerprint density at radius 1 is 0.763 bits per heavy atom. The molecule has 38 heavy (non-hydrogen) atoms. The first-order valence-electron chi connectivity index (χ1n) is 12.1. The third-order valence-corrected chi connectivity index (χ3v) is 6.84. The number of rotatable bonds is 8. The van der Waals surface area contributed by atoms with E-state index in [0.29, 0.717) is 24.8 Å². The molecule has 0 saturated heterocycles. The van der Waals surface area contributed by atoms with Crippen LogP contribution in [0.3, 0.4) is 0 Å². The number of alkyl halides is 2. The van der Waals surface area contributed by atoms with Gasteiger partial charge in [0.1, 0.15) is 23.2 Å². The number of aryl methyl sites for hydroxylation is 2. The Morgan fingerprint density at radius 3 is 2.03 bits per heavy atom. The summed E-state index contributed by atoms with van der Waals surface area (Å²) in [5, 5.41) is 0. The van der Waals surface area contributed by atoms with Crippen molar-refractivity contribution in [1.82, 2.24) is 0 Å². The van der Waals surface area contributed by atoms with Gasteiger partial charge in [-0.2, -0.15) is 8.78 Å². The van der Waals surface area contributed by atoms with Crippen LogP contribution in [-0.4, -0.2) is 0 Å². The first-order chi connectivity index (χ1) is 18.0. The van der Waals surface area contributed by atoms with Gasteiger partial charge in [0.05, 0.1) is 5.56 Å². The highest BCUT2D eigenvalue weighted by Gasteiger charge is 2.36. The standard InChI is InChI=1S/C29H24F8O/c1-2-17-8-12-22(27(34)26(17)33)18-5-9-20(10-6-18)29(36,37)38-21-11-7-19(23(30)15-21)4-3-16-13-24(31)28(35)25(32)14-16/h5-7,9-11,13-15,17,22H,2-4,8,12H2,1H3. The molecule has 4 rings (SSSR count). The molecule has 1 aliphatic carbocycles. The summed E-state index contributed by atoms with van der Waals surface area (Å²) in [6.45, 7) is 1.77. The zero-order valence-corrected chi connectivity index (χ0v) is 20.3. The van der Waals surface area contributed by atoms with E-state index in [1.54, 1.807) is 6.92 Å². The summed E-state index contributed by atoms with van der Waals surface area (Å²) in [5.41, 5.74) is -0.0100. The van der Waals surface area contributed by atoms with Gasteiger partial charge >= 0.3 is 6.11 Å². The van der Waals surface area contributed by atoms with Gasteiger partial charge in [0.2, 0.25) is 0 Å². The highest BCUT2D eigenvalue weighted by Crippen LogP contribution is 2.43. The smallest absolute Gasteiger partial charge is 0.426 e. The van der Waals surface area contributed by atoms with Crippen molar-refractivity contribution < 1.29 is 39.9 Å². The Bertz CT molecular complexity index is 1310. The number of ether oxygens (including phenoxy) is 1. The predicted molar refractivity (Wildman–Crippen MR) is 126 cm³/mol. The predicted octanol–water partition coefficient (Wildman–Crippen LogP) is 9.21. The second-order valence-electron chi connectivity index (χ2n) is 9.30. The minimum absolute atomic E-state index is 0.0203. The minimum Gasteiger partial charge on any atom is -0.429 e. The molecule has 1 aliphatic rings. The molecule has 9 heteroatoms. The van der Waals surface area contributed by atoms with Gasteiger partial charge < -0.3 is 4.74 Å². The van der Waals surface area contributed by atoms with E-state index in [4.69, 9.17) is 4.74 Å². The zero-order valence-electron chi connectivity index (χ0n) is 20.3. The normalized spacial score (nSPS) is 18.1. The van der Waals surface area contributed by atoms with Crippen molar-refractivity contribution in [3.8, 4) is 5.75 Å². The maximum atomic E-state index is 14.8. The highest BCUT2D eigenvalue weighted by molar-refractivity contribution is 5.35. The highest BCUT2D eigenvalue weighted by atomic mass is 19.3. The molecule has 0 aliphatic heterocycles. The van der Waals surface area contributed by atoms with E-state index in [9.17, 15) is 35.1 Å². The first kappa shape index (κ1) is 27.7. The van der Waals surface area contributed by atoms with E-state index in [0.717, 1.165) is 36.4 Å². The van der Waals surface area contributed by atoms with Crippen molar-refractivity contribution in [2.24, 2.45) is 5.92 Å². The number of hydrogen-bond acceptors (Lipinski definition) is 1. The third kappa shape index (κ3) is 5.87. The molecule has 2 atom stereocenters. The molecule has 0 aromatic heterocycles. The molecule has 0 radical (unpaired) electrons. The molecular weight excluding hydrogens is 516 g/mol. The molecule has 3 aromatic rings. The van der Waals surface area contributed by atoms with Gasteiger partial charge in [0.25, 0.3) is 0 Å². The largest absolute Gasteiger partial charge is 0.429 e. The van der Waals surface area contributed by atoms with E-state index < -0.39 is 64.2 Å². The maximum absolute atomic E-state index is 14.8. The van der Waals surface area contributed by atoms with Crippen molar-refractivity contribution in [1.29, 1.82) is 0 Å². The Balaban J connectivity index is 1.43. The van der Waals surface area contributed by atoms with Gasteiger partial charge in [-0.3, -0.25) is 0 Å². The lowest BCUT2D eigenvalue weighted by Gasteiger charge is -2.26. The van der Waals surface area contributed by atoms with E-state index in [-0.39, 0.29) is 24.0 Å². The molecule has 0 saturated carbocycles. The second kappa shape index (κ2) is 11.2. The van der Waals surface area contributed by atoms with Crippen molar-refractivity contribution >= 4 is 0 Å². The molecule has 0 bridgehead atoms. The summed E-state index contributed by atoms with van der Waals surface area (Å²) >= 11 is 0. The number of hydrogen-bond donors (Lipinski definition) is 0. The number of allylic oxidation sites excluding steroid dienone is 2. The van der Waals surface area contributed by atoms with Gasteiger partial charge in [-0.25, -0.2) is 26.3 Å². The quantitative estimate of drug-likeness (QED) is 0.204. The fourth-order valence-electron chi connectivity index (χ4n) is 4.62. The van der Waals surface area contributed by atoms with Gasteiger partial charge in [0, 0.05) is 17.9 Å². The molecule has 0 N–H and O–H groups in total. The summed E-state index contributed by atoms with van der Waals surface area (Å²) in [6, 6.07) is 9.39. The van der Waals surface area contributed by atoms with Gasteiger partial charge in [-0.1, -0.05) is 25.1 Å². The number of benzene rings is 3. The molecule has 0 spiro atoms. The third-order valence-electron chi connectivity index (χ3n) is 6.84. The Labute approximate surface area is 214 Å². The zero-order chi connectivity index (χ0) is 27.6. The van der Waals surface area contributed by atoms with Crippen LogP contribution in [0.2, 0.25) is 0 Å². The number of halogens is 8. The Kier molecular flexibility index (Phi) is 8.13. The SMILES string of the molecule is CCC1CCC(c2ccc(C(F)(F)Oc3ccc(CCc4cc(F)c(F)c(F)c4)c(F)c3)cc2)C(F)=C1F. The Morgan fingerprint density at radius 2 is 1.42 bits per heavy atom. The molecule has 0 amide bonds.